The average Bonchev–Trinajstić information content (AvgIpc) is 2.74. The maximum atomic E-state index is 13.0. The van der Waals surface area contributed by atoms with Crippen molar-refractivity contribution in [2.45, 2.75) is 31.0 Å². The molecule has 0 spiro atoms. The molecule has 31 heavy (non-hydrogen) atoms. The van der Waals surface area contributed by atoms with E-state index in [0.29, 0.717) is 17.7 Å². The Labute approximate surface area is 192 Å². The first-order valence-electron chi connectivity index (χ1n) is 9.87. The molecule has 2 N–H and O–H groups in total. The molecule has 0 fully saturated rings. The number of anilines is 1. The predicted molar refractivity (Wildman–Crippen MR) is 124 cm³/mol. The molecule has 2 aromatic carbocycles. The molecule has 0 aliphatic rings. The monoisotopic (exact) mass is 461 g/mol. The highest BCUT2D eigenvalue weighted by atomic mass is 35.5. The standard InChI is InChI=1S/C23H25Cl2N3O3/c1-15(2)12-20(22(29)27-11-10-26)19-13-17(28(23(30)31)14-21(24)25)8-9-18(19)16-6-4-3-5-7-16/h3-9,13,15,20-21H,11-12,14H2,1-2H3,(H,27,29)(H,30,31). The fraction of sp³-hybridized carbons (Fsp3) is 0.348. The number of benzene rings is 2. The Morgan fingerprint density at radius 3 is 2.39 bits per heavy atom. The summed E-state index contributed by atoms with van der Waals surface area (Å²) in [6.45, 7) is 3.80. The predicted octanol–water partition coefficient (Wildman–Crippen LogP) is 5.41. The number of nitrogens with zero attached hydrogens (tertiary/aromatic N) is 2. The van der Waals surface area contributed by atoms with Crippen LogP contribution in [0.5, 0.6) is 0 Å². The van der Waals surface area contributed by atoms with E-state index in [4.69, 9.17) is 28.5 Å². The summed E-state index contributed by atoms with van der Waals surface area (Å²) in [6, 6.07) is 16.7. The number of amides is 2. The average molecular weight is 462 g/mol. The van der Waals surface area contributed by atoms with Gasteiger partial charge in [0.25, 0.3) is 0 Å². The van der Waals surface area contributed by atoms with Crippen molar-refractivity contribution in [3.05, 3.63) is 54.1 Å². The van der Waals surface area contributed by atoms with Crippen molar-refractivity contribution >= 4 is 40.9 Å². The van der Waals surface area contributed by atoms with E-state index in [9.17, 15) is 14.7 Å². The fourth-order valence-electron chi connectivity index (χ4n) is 3.42. The Bertz CT molecular complexity index is 943. The second kappa shape index (κ2) is 11.6. The van der Waals surface area contributed by atoms with Crippen LogP contribution in [0.4, 0.5) is 10.5 Å². The lowest BCUT2D eigenvalue weighted by molar-refractivity contribution is -0.122. The van der Waals surface area contributed by atoms with Crippen molar-refractivity contribution in [3.8, 4) is 17.2 Å². The van der Waals surface area contributed by atoms with Gasteiger partial charge in [-0.1, -0.05) is 50.2 Å². The van der Waals surface area contributed by atoms with Gasteiger partial charge in [0, 0.05) is 5.69 Å². The van der Waals surface area contributed by atoms with Crippen LogP contribution in [0.2, 0.25) is 0 Å². The van der Waals surface area contributed by atoms with Crippen LogP contribution in [0.3, 0.4) is 0 Å². The molecule has 0 saturated carbocycles. The minimum absolute atomic E-state index is 0.102. The van der Waals surface area contributed by atoms with Crippen LogP contribution in [0.15, 0.2) is 48.5 Å². The molecule has 0 aromatic heterocycles. The van der Waals surface area contributed by atoms with Gasteiger partial charge in [-0.15, -0.1) is 23.2 Å². The Morgan fingerprint density at radius 2 is 1.84 bits per heavy atom. The van der Waals surface area contributed by atoms with E-state index in [1.54, 1.807) is 18.2 Å². The largest absolute Gasteiger partial charge is 0.465 e. The van der Waals surface area contributed by atoms with Crippen molar-refractivity contribution in [2.24, 2.45) is 5.92 Å². The summed E-state index contributed by atoms with van der Waals surface area (Å²) < 4.78 is 0. The van der Waals surface area contributed by atoms with Crippen molar-refractivity contribution in [2.75, 3.05) is 18.0 Å². The van der Waals surface area contributed by atoms with Crippen molar-refractivity contribution < 1.29 is 14.7 Å². The summed E-state index contributed by atoms with van der Waals surface area (Å²) in [5, 5.41) is 21.2. The van der Waals surface area contributed by atoms with Gasteiger partial charge in [-0.25, -0.2) is 4.79 Å². The molecular formula is C23H25Cl2N3O3. The molecule has 1 atom stereocenters. The van der Waals surface area contributed by atoms with Crippen LogP contribution < -0.4 is 10.2 Å². The van der Waals surface area contributed by atoms with Gasteiger partial charge in [0.2, 0.25) is 5.91 Å². The van der Waals surface area contributed by atoms with Gasteiger partial charge in [-0.2, -0.15) is 5.26 Å². The molecule has 0 aliphatic carbocycles. The number of nitrogens with one attached hydrogen (secondary N) is 1. The van der Waals surface area contributed by atoms with Crippen molar-refractivity contribution in [3.63, 3.8) is 0 Å². The fourth-order valence-corrected chi connectivity index (χ4v) is 3.69. The summed E-state index contributed by atoms with van der Waals surface area (Å²) in [5.74, 6) is -0.656. The zero-order valence-electron chi connectivity index (χ0n) is 17.4. The zero-order chi connectivity index (χ0) is 23.0. The van der Waals surface area contributed by atoms with Crippen molar-refractivity contribution in [1.82, 2.24) is 5.32 Å². The number of carbonyl (C=O) groups excluding carboxylic acids is 1. The van der Waals surface area contributed by atoms with Gasteiger partial charge in [0.1, 0.15) is 11.4 Å². The first-order chi connectivity index (χ1) is 14.7. The van der Waals surface area contributed by atoms with E-state index < -0.39 is 16.8 Å². The Kier molecular flexibility index (Phi) is 9.17. The molecule has 2 amide bonds. The van der Waals surface area contributed by atoms with Gasteiger partial charge in [0.15, 0.2) is 0 Å². The highest BCUT2D eigenvalue weighted by molar-refractivity contribution is 6.44. The highest BCUT2D eigenvalue weighted by Crippen LogP contribution is 2.36. The number of carbonyl (C=O) groups is 2. The second-order valence-electron chi connectivity index (χ2n) is 7.48. The Balaban J connectivity index is 2.66. The molecule has 8 heteroatoms. The second-order valence-corrected chi connectivity index (χ2v) is 8.76. The summed E-state index contributed by atoms with van der Waals surface area (Å²) in [7, 11) is 0. The summed E-state index contributed by atoms with van der Waals surface area (Å²) in [5.41, 5.74) is 2.77. The SMILES string of the molecule is CC(C)CC(C(=O)NCC#N)c1cc(N(CC(Cl)Cl)C(=O)O)ccc1-c1ccccc1. The lowest BCUT2D eigenvalue weighted by Crippen LogP contribution is -2.34. The first-order valence-corrected chi connectivity index (χ1v) is 10.7. The summed E-state index contributed by atoms with van der Waals surface area (Å²) >= 11 is 11.7. The lowest BCUT2D eigenvalue weighted by atomic mass is 9.84. The van der Waals surface area contributed by atoms with Gasteiger partial charge < -0.3 is 10.4 Å². The van der Waals surface area contributed by atoms with Gasteiger partial charge in [-0.05, 0) is 41.2 Å². The molecule has 2 aromatic rings. The number of hydrogen-bond donors (Lipinski definition) is 2. The van der Waals surface area contributed by atoms with Crippen LogP contribution in [0, 0.1) is 17.2 Å². The Hall–Kier alpha value is -2.75. The molecule has 1 unspecified atom stereocenters. The third-order valence-corrected chi connectivity index (χ3v) is 5.00. The van der Waals surface area contributed by atoms with E-state index in [-0.39, 0.29) is 24.9 Å². The molecule has 0 bridgehead atoms. The molecule has 6 nitrogen and oxygen atoms in total. The number of alkyl halides is 2. The third-order valence-electron chi connectivity index (χ3n) is 4.72. The smallest absolute Gasteiger partial charge is 0.411 e. The maximum absolute atomic E-state index is 13.0. The first kappa shape index (κ1) is 24.5. The zero-order valence-corrected chi connectivity index (χ0v) is 18.9. The van der Waals surface area contributed by atoms with Gasteiger partial charge in [-0.3, -0.25) is 9.69 Å². The van der Waals surface area contributed by atoms with E-state index in [1.165, 1.54) is 0 Å². The van der Waals surface area contributed by atoms with Crippen LogP contribution in [0.25, 0.3) is 11.1 Å². The molecule has 0 heterocycles. The van der Waals surface area contributed by atoms with Gasteiger partial charge in [0.05, 0.1) is 18.5 Å². The third kappa shape index (κ3) is 6.88. The molecule has 0 saturated heterocycles. The molecule has 0 aliphatic heterocycles. The van der Waals surface area contributed by atoms with Crippen LogP contribution in [-0.4, -0.2) is 35.0 Å². The number of hydrogen-bond acceptors (Lipinski definition) is 3. The number of nitriles is 1. The minimum Gasteiger partial charge on any atom is -0.465 e. The number of rotatable bonds is 9. The lowest BCUT2D eigenvalue weighted by Gasteiger charge is -2.25. The highest BCUT2D eigenvalue weighted by Gasteiger charge is 2.27. The number of halogens is 2. The number of carboxylic acid groups (broad SMARTS) is 1. The quantitative estimate of drug-likeness (QED) is 0.385. The van der Waals surface area contributed by atoms with Crippen LogP contribution in [0.1, 0.15) is 31.7 Å². The molecular weight excluding hydrogens is 437 g/mol. The van der Waals surface area contributed by atoms with Crippen molar-refractivity contribution in [1.29, 1.82) is 5.26 Å². The maximum Gasteiger partial charge on any atom is 0.411 e. The van der Waals surface area contributed by atoms with Gasteiger partial charge >= 0.3 is 6.09 Å². The van der Waals surface area contributed by atoms with E-state index in [1.807, 2.05) is 50.2 Å². The van der Waals surface area contributed by atoms with E-state index >= 15 is 0 Å². The van der Waals surface area contributed by atoms with E-state index in [0.717, 1.165) is 16.0 Å². The van der Waals surface area contributed by atoms with Crippen LogP contribution >= 0.6 is 23.2 Å². The van der Waals surface area contributed by atoms with E-state index in [2.05, 4.69) is 5.32 Å². The minimum atomic E-state index is -1.20. The molecule has 2 rings (SSSR count). The molecule has 164 valence electrons. The van der Waals surface area contributed by atoms with Crippen LogP contribution in [-0.2, 0) is 4.79 Å². The Morgan fingerprint density at radius 1 is 1.16 bits per heavy atom. The topological polar surface area (TPSA) is 93.4 Å². The molecule has 0 radical (unpaired) electrons. The summed E-state index contributed by atoms with van der Waals surface area (Å²) in [6.07, 6.45) is -0.666. The summed E-state index contributed by atoms with van der Waals surface area (Å²) in [4.78, 5) is 25.0. The normalized spacial score (nSPS) is 11.8.